The van der Waals surface area contributed by atoms with Crippen LogP contribution in [0, 0.1) is 0 Å². The number of rotatable bonds is 8. The highest BCUT2D eigenvalue weighted by Crippen LogP contribution is 2.21. The number of sulfonamides is 1. The quantitative estimate of drug-likeness (QED) is 0.720. The molecule has 1 aromatic rings. The van der Waals surface area contributed by atoms with Crippen molar-refractivity contribution in [2.45, 2.75) is 37.1 Å². The largest absolute Gasteiger partial charge is 0.447 e. The highest BCUT2D eigenvalue weighted by Gasteiger charge is 2.25. The number of halogens is 3. The molecule has 0 aliphatic rings. The van der Waals surface area contributed by atoms with Gasteiger partial charge in [0.25, 0.3) is 10.0 Å². The van der Waals surface area contributed by atoms with E-state index in [1.54, 1.807) is 0 Å². The van der Waals surface area contributed by atoms with Crippen molar-refractivity contribution < 1.29 is 26.0 Å². The van der Waals surface area contributed by atoms with E-state index in [2.05, 4.69) is 10.0 Å². The monoisotopic (exact) mass is 314 g/mol. The minimum atomic E-state index is -4.11. The molecule has 0 aliphatic heterocycles. The van der Waals surface area contributed by atoms with Crippen LogP contribution in [0.25, 0.3) is 0 Å². The molecule has 1 heterocycles. The SMILES string of the molecule is CNS(=O)(=O)c1ccc(CNCCCCC(F)(F)F)o1. The molecule has 0 atom stereocenters. The van der Waals surface area contributed by atoms with Crippen molar-refractivity contribution in [3.8, 4) is 0 Å². The summed E-state index contributed by atoms with van der Waals surface area (Å²) in [6, 6.07) is 2.83. The lowest BCUT2D eigenvalue weighted by Crippen LogP contribution is -2.18. The van der Waals surface area contributed by atoms with E-state index in [1.807, 2.05) is 0 Å². The highest BCUT2D eigenvalue weighted by molar-refractivity contribution is 7.89. The van der Waals surface area contributed by atoms with E-state index in [0.29, 0.717) is 18.7 Å². The molecule has 5 nitrogen and oxygen atoms in total. The Morgan fingerprint density at radius 3 is 2.55 bits per heavy atom. The summed E-state index contributed by atoms with van der Waals surface area (Å²) in [5.74, 6) is 0.412. The molecule has 0 saturated heterocycles. The maximum atomic E-state index is 11.9. The molecule has 2 N–H and O–H groups in total. The van der Waals surface area contributed by atoms with Crippen LogP contribution in [-0.4, -0.2) is 28.2 Å². The summed E-state index contributed by atoms with van der Waals surface area (Å²) in [6.45, 7) is 0.677. The standard InChI is InChI=1S/C11H17F3N2O3S/c1-15-20(17,18)10-5-4-9(19-10)8-16-7-3-2-6-11(12,13)14/h4-5,15-16H,2-3,6-8H2,1H3. The van der Waals surface area contributed by atoms with Gasteiger partial charge in [0.1, 0.15) is 5.76 Å². The van der Waals surface area contributed by atoms with Gasteiger partial charge in [-0.3, -0.25) is 0 Å². The maximum absolute atomic E-state index is 11.9. The van der Waals surface area contributed by atoms with E-state index in [9.17, 15) is 21.6 Å². The van der Waals surface area contributed by atoms with Crippen LogP contribution in [0.15, 0.2) is 21.6 Å². The van der Waals surface area contributed by atoms with Gasteiger partial charge in [-0.25, -0.2) is 13.1 Å². The van der Waals surface area contributed by atoms with Crippen molar-refractivity contribution in [2.24, 2.45) is 0 Å². The molecule has 1 rings (SSSR count). The molecule has 0 bridgehead atoms. The molecule has 0 fully saturated rings. The lowest BCUT2D eigenvalue weighted by Gasteiger charge is -2.06. The lowest BCUT2D eigenvalue weighted by molar-refractivity contribution is -0.135. The van der Waals surface area contributed by atoms with Gasteiger partial charge in [-0.2, -0.15) is 13.2 Å². The third-order valence-corrected chi connectivity index (χ3v) is 3.82. The minimum absolute atomic E-state index is 0.0635. The van der Waals surface area contributed by atoms with Crippen molar-refractivity contribution in [2.75, 3.05) is 13.6 Å². The van der Waals surface area contributed by atoms with E-state index >= 15 is 0 Å². The topological polar surface area (TPSA) is 71.3 Å². The molecule has 9 heteroatoms. The molecule has 0 unspecified atom stereocenters. The van der Waals surface area contributed by atoms with Crippen molar-refractivity contribution in [3.63, 3.8) is 0 Å². The first kappa shape index (κ1) is 17.0. The van der Waals surface area contributed by atoms with E-state index < -0.39 is 22.6 Å². The van der Waals surface area contributed by atoms with Crippen LogP contribution >= 0.6 is 0 Å². The first-order chi connectivity index (χ1) is 9.24. The second-order valence-corrected chi connectivity index (χ2v) is 5.99. The Bertz CT molecular complexity index is 511. The van der Waals surface area contributed by atoms with Crippen LogP contribution in [0.5, 0.6) is 0 Å². The van der Waals surface area contributed by atoms with Gasteiger partial charge in [-0.05, 0) is 38.6 Å². The summed E-state index contributed by atoms with van der Waals surface area (Å²) in [6.07, 6.45) is -4.45. The van der Waals surface area contributed by atoms with Crippen molar-refractivity contribution in [3.05, 3.63) is 17.9 Å². The van der Waals surface area contributed by atoms with Crippen LogP contribution < -0.4 is 10.0 Å². The van der Waals surface area contributed by atoms with Crippen molar-refractivity contribution >= 4 is 10.0 Å². The van der Waals surface area contributed by atoms with Crippen molar-refractivity contribution in [1.29, 1.82) is 0 Å². The highest BCUT2D eigenvalue weighted by atomic mass is 32.2. The van der Waals surface area contributed by atoms with Gasteiger partial charge in [-0.1, -0.05) is 0 Å². The van der Waals surface area contributed by atoms with Crippen LogP contribution in [0.3, 0.4) is 0 Å². The summed E-state index contributed by atoms with van der Waals surface area (Å²) in [5, 5.41) is 2.71. The predicted molar refractivity (Wildman–Crippen MR) is 66.6 cm³/mol. The second kappa shape index (κ2) is 7.09. The van der Waals surface area contributed by atoms with Gasteiger partial charge >= 0.3 is 6.18 Å². The summed E-state index contributed by atoms with van der Waals surface area (Å²) < 4.78 is 65.6. The second-order valence-electron chi connectivity index (χ2n) is 4.18. The Balaban J connectivity index is 2.27. The molecule has 0 spiro atoms. The Morgan fingerprint density at radius 1 is 1.25 bits per heavy atom. The van der Waals surface area contributed by atoms with Gasteiger partial charge < -0.3 is 9.73 Å². The van der Waals surface area contributed by atoms with Crippen LogP contribution in [0.2, 0.25) is 0 Å². The number of hydrogen-bond acceptors (Lipinski definition) is 4. The fourth-order valence-corrected chi connectivity index (χ4v) is 2.15. The zero-order valence-corrected chi connectivity index (χ0v) is 11.8. The zero-order chi connectivity index (χ0) is 15.2. The van der Waals surface area contributed by atoms with Crippen LogP contribution in [0.4, 0.5) is 13.2 Å². The number of hydrogen-bond donors (Lipinski definition) is 2. The third-order valence-electron chi connectivity index (χ3n) is 2.53. The number of unbranched alkanes of at least 4 members (excludes halogenated alkanes) is 1. The summed E-state index contributed by atoms with van der Waals surface area (Å²) in [7, 11) is -2.33. The van der Waals surface area contributed by atoms with E-state index in [0.717, 1.165) is 0 Å². The summed E-state index contributed by atoms with van der Waals surface area (Å²) in [5.41, 5.74) is 0. The first-order valence-electron chi connectivity index (χ1n) is 6.04. The first-order valence-corrected chi connectivity index (χ1v) is 7.52. The molecular weight excluding hydrogens is 297 g/mol. The smallest absolute Gasteiger partial charge is 0.389 e. The molecule has 1 aromatic heterocycles. The van der Waals surface area contributed by atoms with E-state index in [4.69, 9.17) is 4.42 Å². The average molecular weight is 314 g/mol. The summed E-state index contributed by atoms with van der Waals surface area (Å²) >= 11 is 0. The van der Waals surface area contributed by atoms with Gasteiger partial charge in [0.05, 0.1) is 6.54 Å². The third kappa shape index (κ3) is 5.93. The average Bonchev–Trinajstić information content (AvgIpc) is 2.81. The Kier molecular flexibility index (Phi) is 6.03. The Labute approximate surface area is 115 Å². The number of furan rings is 1. The fourth-order valence-electron chi connectivity index (χ4n) is 1.49. The lowest BCUT2D eigenvalue weighted by atomic mass is 10.2. The number of nitrogens with one attached hydrogen (secondary N) is 2. The minimum Gasteiger partial charge on any atom is -0.447 e. The predicted octanol–water partition coefficient (Wildman–Crippen LogP) is 2.01. The molecule has 0 aromatic carbocycles. The van der Waals surface area contributed by atoms with E-state index in [-0.39, 0.29) is 18.1 Å². The Morgan fingerprint density at radius 2 is 1.95 bits per heavy atom. The van der Waals surface area contributed by atoms with Gasteiger partial charge in [0.2, 0.25) is 5.09 Å². The van der Waals surface area contributed by atoms with Gasteiger partial charge in [-0.15, -0.1) is 0 Å². The molecule has 0 saturated carbocycles. The normalized spacial score (nSPS) is 12.8. The van der Waals surface area contributed by atoms with Crippen molar-refractivity contribution in [1.82, 2.24) is 10.0 Å². The van der Waals surface area contributed by atoms with E-state index in [1.165, 1.54) is 19.2 Å². The Hall–Kier alpha value is -1.06. The number of alkyl halides is 3. The van der Waals surface area contributed by atoms with Gasteiger partial charge in [0, 0.05) is 6.42 Å². The fraction of sp³-hybridized carbons (Fsp3) is 0.636. The molecule has 116 valence electrons. The molecular formula is C11H17F3N2O3S. The molecule has 0 aliphatic carbocycles. The molecule has 20 heavy (non-hydrogen) atoms. The van der Waals surface area contributed by atoms with Crippen LogP contribution in [0.1, 0.15) is 25.0 Å². The zero-order valence-electron chi connectivity index (χ0n) is 11.0. The van der Waals surface area contributed by atoms with Gasteiger partial charge in [0.15, 0.2) is 0 Å². The molecule has 0 amide bonds. The van der Waals surface area contributed by atoms with Crippen LogP contribution in [-0.2, 0) is 16.6 Å². The summed E-state index contributed by atoms with van der Waals surface area (Å²) in [4.78, 5) is 0. The molecule has 0 radical (unpaired) electrons. The maximum Gasteiger partial charge on any atom is 0.389 e.